The Kier molecular flexibility index (Phi) is 8.18. The van der Waals surface area contributed by atoms with Crippen LogP contribution in [0, 0.1) is 6.92 Å². The Morgan fingerprint density at radius 1 is 1.10 bits per heavy atom. The highest BCUT2D eigenvalue weighted by molar-refractivity contribution is 7.17. The summed E-state index contributed by atoms with van der Waals surface area (Å²) in [5.41, 5.74) is 1.66. The molecule has 1 aliphatic rings. The van der Waals surface area contributed by atoms with Crippen molar-refractivity contribution in [2.75, 3.05) is 25.6 Å². The summed E-state index contributed by atoms with van der Waals surface area (Å²) in [4.78, 5) is 40.6. The zero-order valence-corrected chi connectivity index (χ0v) is 19.1. The van der Waals surface area contributed by atoms with Crippen LogP contribution in [0.2, 0.25) is 0 Å². The maximum Gasteiger partial charge on any atom is 0.254 e. The number of nitrogens with one attached hydrogen (secondary N) is 2. The molecule has 2 N–H and O–H groups in total. The lowest BCUT2D eigenvalue weighted by Crippen LogP contribution is -2.27. The van der Waals surface area contributed by atoms with Crippen molar-refractivity contribution in [2.24, 2.45) is 0 Å². The summed E-state index contributed by atoms with van der Waals surface area (Å²) in [7, 11) is 1.63. The standard InChI is InChI=1S/C22H28N2O4S2/c1-14-8-10-18(29-14)16(25)9-11-19(26)24-22-20(21(27)23-12-5-13-28-2)15-6-3-4-7-17(15)30-22/h8,10H,3-7,9,11-13H2,1-2H3,(H,23,27)(H,24,26). The van der Waals surface area contributed by atoms with Gasteiger partial charge in [0, 0.05) is 42.9 Å². The fraction of sp³-hybridized carbons (Fsp3) is 0.500. The van der Waals surface area contributed by atoms with Crippen molar-refractivity contribution < 1.29 is 19.1 Å². The van der Waals surface area contributed by atoms with E-state index < -0.39 is 0 Å². The van der Waals surface area contributed by atoms with E-state index in [1.807, 2.05) is 13.0 Å². The number of ketones is 1. The van der Waals surface area contributed by atoms with Crippen molar-refractivity contribution in [1.82, 2.24) is 5.32 Å². The first-order valence-corrected chi connectivity index (χ1v) is 11.9. The molecule has 0 aliphatic heterocycles. The molecule has 8 heteroatoms. The van der Waals surface area contributed by atoms with Gasteiger partial charge in [0.05, 0.1) is 10.4 Å². The average Bonchev–Trinajstić information content (AvgIpc) is 3.32. The fourth-order valence-corrected chi connectivity index (χ4v) is 5.66. The zero-order chi connectivity index (χ0) is 21.5. The monoisotopic (exact) mass is 448 g/mol. The van der Waals surface area contributed by atoms with E-state index in [9.17, 15) is 14.4 Å². The van der Waals surface area contributed by atoms with Crippen LogP contribution in [0.15, 0.2) is 12.1 Å². The minimum Gasteiger partial charge on any atom is -0.385 e. The molecule has 3 rings (SSSR count). The van der Waals surface area contributed by atoms with Crippen LogP contribution in [0.25, 0.3) is 0 Å². The second kappa shape index (κ2) is 10.8. The SMILES string of the molecule is COCCCNC(=O)c1c(NC(=O)CCC(=O)c2ccc(C)s2)sc2c1CCCC2. The molecule has 162 valence electrons. The number of methoxy groups -OCH3 is 1. The lowest BCUT2D eigenvalue weighted by molar-refractivity contribution is -0.116. The molecule has 6 nitrogen and oxygen atoms in total. The highest BCUT2D eigenvalue weighted by Gasteiger charge is 2.26. The lowest BCUT2D eigenvalue weighted by Gasteiger charge is -2.13. The van der Waals surface area contributed by atoms with Crippen molar-refractivity contribution in [3.05, 3.63) is 37.9 Å². The van der Waals surface area contributed by atoms with E-state index in [1.54, 1.807) is 13.2 Å². The molecule has 0 atom stereocenters. The first kappa shape index (κ1) is 22.7. The molecule has 0 saturated heterocycles. The Bertz CT molecular complexity index is 916. The fourth-order valence-electron chi connectivity index (χ4n) is 3.52. The number of ether oxygens (including phenoxy) is 1. The summed E-state index contributed by atoms with van der Waals surface area (Å²) < 4.78 is 5.03. The summed E-state index contributed by atoms with van der Waals surface area (Å²) in [6.45, 7) is 3.07. The second-order valence-electron chi connectivity index (χ2n) is 7.40. The molecule has 2 amide bonds. The minimum absolute atomic E-state index is 0.0233. The number of fused-ring (bicyclic) bond motifs is 1. The van der Waals surface area contributed by atoms with E-state index in [0.29, 0.717) is 28.6 Å². The predicted molar refractivity (Wildman–Crippen MR) is 121 cm³/mol. The third-order valence-corrected chi connectivity index (χ3v) is 7.31. The normalized spacial score (nSPS) is 13.0. The molecule has 0 saturated carbocycles. The number of thiophene rings is 2. The van der Waals surface area contributed by atoms with Crippen molar-refractivity contribution in [2.45, 2.75) is 51.9 Å². The molecule has 1 aliphatic carbocycles. The van der Waals surface area contributed by atoms with Crippen LogP contribution in [0.5, 0.6) is 0 Å². The van der Waals surface area contributed by atoms with E-state index in [0.717, 1.165) is 42.5 Å². The predicted octanol–water partition coefficient (Wildman–Crippen LogP) is 4.36. The first-order valence-electron chi connectivity index (χ1n) is 10.3. The summed E-state index contributed by atoms with van der Waals surface area (Å²) in [5.74, 6) is -0.403. The van der Waals surface area contributed by atoms with Gasteiger partial charge in [0.1, 0.15) is 5.00 Å². The third kappa shape index (κ3) is 5.77. The Hall–Kier alpha value is -2.03. The lowest BCUT2D eigenvalue weighted by atomic mass is 9.95. The van der Waals surface area contributed by atoms with Gasteiger partial charge in [-0.3, -0.25) is 14.4 Å². The summed E-state index contributed by atoms with van der Waals surface area (Å²) in [6, 6.07) is 3.71. The molecule has 2 aromatic heterocycles. The number of carbonyl (C=O) groups excluding carboxylic acids is 3. The van der Waals surface area contributed by atoms with Gasteiger partial charge in [-0.2, -0.15) is 0 Å². The summed E-state index contributed by atoms with van der Waals surface area (Å²) in [5, 5.41) is 6.46. The molecule has 0 aromatic carbocycles. The zero-order valence-electron chi connectivity index (χ0n) is 17.5. The van der Waals surface area contributed by atoms with E-state index in [-0.39, 0.29) is 30.4 Å². The molecule has 0 radical (unpaired) electrons. The quantitative estimate of drug-likeness (QED) is 0.418. The van der Waals surface area contributed by atoms with E-state index in [2.05, 4.69) is 10.6 Å². The van der Waals surface area contributed by atoms with Gasteiger partial charge >= 0.3 is 0 Å². The largest absolute Gasteiger partial charge is 0.385 e. The molecule has 2 heterocycles. The van der Waals surface area contributed by atoms with Gasteiger partial charge < -0.3 is 15.4 Å². The molecule has 2 aromatic rings. The molecular formula is C22H28N2O4S2. The minimum atomic E-state index is -0.233. The molecule has 30 heavy (non-hydrogen) atoms. The summed E-state index contributed by atoms with van der Waals surface area (Å²) >= 11 is 2.94. The van der Waals surface area contributed by atoms with E-state index in [1.165, 1.54) is 27.6 Å². The van der Waals surface area contributed by atoms with Crippen molar-refractivity contribution in [1.29, 1.82) is 0 Å². The Morgan fingerprint density at radius 3 is 2.63 bits per heavy atom. The molecule has 0 bridgehead atoms. The first-order chi connectivity index (χ1) is 14.5. The van der Waals surface area contributed by atoms with Gasteiger partial charge in [-0.15, -0.1) is 22.7 Å². The number of carbonyl (C=O) groups is 3. The van der Waals surface area contributed by atoms with Gasteiger partial charge in [-0.05, 0) is 56.7 Å². The van der Waals surface area contributed by atoms with Crippen LogP contribution in [0.4, 0.5) is 5.00 Å². The number of Topliss-reactive ketones (excluding diaryl/α,β-unsaturated/α-hetero) is 1. The molecule has 0 unspecified atom stereocenters. The van der Waals surface area contributed by atoms with E-state index in [4.69, 9.17) is 4.74 Å². The molecular weight excluding hydrogens is 420 g/mol. The maximum atomic E-state index is 12.8. The van der Waals surface area contributed by atoms with Crippen LogP contribution in [-0.2, 0) is 22.4 Å². The third-order valence-electron chi connectivity index (χ3n) is 5.06. The van der Waals surface area contributed by atoms with Gasteiger partial charge in [0.15, 0.2) is 5.78 Å². The number of hydrogen-bond acceptors (Lipinski definition) is 6. The Balaban J connectivity index is 1.65. The highest BCUT2D eigenvalue weighted by Crippen LogP contribution is 2.38. The maximum absolute atomic E-state index is 12.8. The highest BCUT2D eigenvalue weighted by atomic mass is 32.1. The number of hydrogen-bond donors (Lipinski definition) is 2. The van der Waals surface area contributed by atoms with Gasteiger partial charge in [-0.25, -0.2) is 0 Å². The topological polar surface area (TPSA) is 84.5 Å². The molecule has 0 fully saturated rings. The number of amides is 2. The average molecular weight is 449 g/mol. The Labute approximate surface area is 185 Å². The molecule has 0 spiro atoms. The van der Waals surface area contributed by atoms with Crippen LogP contribution >= 0.6 is 22.7 Å². The van der Waals surface area contributed by atoms with Crippen LogP contribution < -0.4 is 10.6 Å². The number of aryl methyl sites for hydroxylation is 2. The number of rotatable bonds is 10. The van der Waals surface area contributed by atoms with Crippen LogP contribution in [-0.4, -0.2) is 37.9 Å². The second-order valence-corrected chi connectivity index (χ2v) is 9.79. The van der Waals surface area contributed by atoms with Crippen LogP contribution in [0.3, 0.4) is 0 Å². The van der Waals surface area contributed by atoms with Gasteiger partial charge in [0.25, 0.3) is 5.91 Å². The van der Waals surface area contributed by atoms with Gasteiger partial charge in [0.2, 0.25) is 5.91 Å². The van der Waals surface area contributed by atoms with Crippen LogP contribution in [0.1, 0.15) is 67.5 Å². The van der Waals surface area contributed by atoms with Gasteiger partial charge in [-0.1, -0.05) is 0 Å². The van der Waals surface area contributed by atoms with Crippen molar-refractivity contribution in [3.63, 3.8) is 0 Å². The van der Waals surface area contributed by atoms with E-state index >= 15 is 0 Å². The number of anilines is 1. The Morgan fingerprint density at radius 2 is 1.90 bits per heavy atom. The smallest absolute Gasteiger partial charge is 0.254 e. The summed E-state index contributed by atoms with van der Waals surface area (Å²) in [6.07, 6.45) is 4.96. The van der Waals surface area contributed by atoms with Crippen molar-refractivity contribution >= 4 is 45.3 Å². The van der Waals surface area contributed by atoms with Crippen molar-refractivity contribution in [3.8, 4) is 0 Å².